The number of rotatable bonds is 2. The van der Waals surface area contributed by atoms with Gasteiger partial charge in [0.15, 0.2) is 0 Å². The third-order valence-electron chi connectivity index (χ3n) is 2.05. The normalized spacial score (nSPS) is 23.2. The predicted molar refractivity (Wildman–Crippen MR) is 47.0 cm³/mol. The largest absolute Gasteiger partial charge is 0.464 e. The van der Waals surface area contributed by atoms with Crippen LogP contribution in [0.25, 0.3) is 0 Å². The molecule has 1 aliphatic heterocycles. The molecule has 1 saturated heterocycles. The summed E-state index contributed by atoms with van der Waals surface area (Å²) in [4.78, 5) is 22.3. The van der Waals surface area contributed by atoms with E-state index in [1.165, 1.54) is 0 Å². The SMILES string of the molecule is CCOC(=O)[C@@H]1CCCCC(=O)N1. The van der Waals surface area contributed by atoms with Crippen molar-refractivity contribution < 1.29 is 14.3 Å². The number of nitrogens with one attached hydrogen (secondary N) is 1. The summed E-state index contributed by atoms with van der Waals surface area (Å²) >= 11 is 0. The van der Waals surface area contributed by atoms with Crippen LogP contribution in [0.2, 0.25) is 0 Å². The van der Waals surface area contributed by atoms with Crippen LogP contribution in [-0.2, 0) is 14.3 Å². The highest BCUT2D eigenvalue weighted by Crippen LogP contribution is 2.10. The fourth-order valence-electron chi connectivity index (χ4n) is 1.39. The first kappa shape index (κ1) is 10.0. The van der Waals surface area contributed by atoms with Crippen molar-refractivity contribution >= 4 is 11.9 Å². The monoisotopic (exact) mass is 185 g/mol. The molecule has 0 aliphatic carbocycles. The van der Waals surface area contributed by atoms with Gasteiger partial charge in [0.05, 0.1) is 6.61 Å². The summed E-state index contributed by atoms with van der Waals surface area (Å²) in [5.41, 5.74) is 0. The molecule has 0 saturated carbocycles. The van der Waals surface area contributed by atoms with Crippen LogP contribution in [0.3, 0.4) is 0 Å². The van der Waals surface area contributed by atoms with Gasteiger partial charge in [-0.2, -0.15) is 0 Å². The summed E-state index contributed by atoms with van der Waals surface area (Å²) < 4.78 is 4.83. The molecule has 74 valence electrons. The van der Waals surface area contributed by atoms with E-state index in [2.05, 4.69) is 5.32 Å². The number of carbonyl (C=O) groups excluding carboxylic acids is 2. The first-order valence-electron chi connectivity index (χ1n) is 4.70. The Labute approximate surface area is 77.6 Å². The number of amides is 1. The zero-order valence-corrected chi connectivity index (χ0v) is 7.84. The molecule has 1 rings (SSSR count). The van der Waals surface area contributed by atoms with Crippen molar-refractivity contribution in [1.29, 1.82) is 0 Å². The molecule has 0 aromatic rings. The standard InChI is InChI=1S/C9H15NO3/c1-2-13-9(12)7-5-3-4-6-8(11)10-7/h7H,2-6H2,1H3,(H,10,11)/t7-/m0/s1. The summed E-state index contributed by atoms with van der Waals surface area (Å²) in [6, 6.07) is -0.421. The van der Waals surface area contributed by atoms with Crippen LogP contribution < -0.4 is 5.32 Å². The van der Waals surface area contributed by atoms with E-state index in [0.29, 0.717) is 19.4 Å². The van der Waals surface area contributed by atoms with Crippen LogP contribution in [0.5, 0.6) is 0 Å². The maximum atomic E-state index is 11.3. The second-order valence-corrected chi connectivity index (χ2v) is 3.12. The second-order valence-electron chi connectivity index (χ2n) is 3.12. The lowest BCUT2D eigenvalue weighted by Crippen LogP contribution is -2.40. The molecule has 0 bridgehead atoms. The highest BCUT2D eigenvalue weighted by molar-refractivity contribution is 5.84. The van der Waals surface area contributed by atoms with Gasteiger partial charge in [-0.1, -0.05) is 6.42 Å². The van der Waals surface area contributed by atoms with E-state index in [4.69, 9.17) is 4.74 Å². The minimum absolute atomic E-state index is 0.0458. The van der Waals surface area contributed by atoms with Crippen molar-refractivity contribution in [2.24, 2.45) is 0 Å². The minimum Gasteiger partial charge on any atom is -0.464 e. The van der Waals surface area contributed by atoms with Crippen molar-refractivity contribution in [2.75, 3.05) is 6.61 Å². The number of ether oxygens (including phenoxy) is 1. The summed E-state index contributed by atoms with van der Waals surface area (Å²) in [5.74, 6) is -0.353. The van der Waals surface area contributed by atoms with E-state index < -0.39 is 6.04 Å². The molecule has 4 nitrogen and oxygen atoms in total. The van der Waals surface area contributed by atoms with E-state index in [9.17, 15) is 9.59 Å². The van der Waals surface area contributed by atoms with Gasteiger partial charge in [-0.3, -0.25) is 4.79 Å². The van der Waals surface area contributed by atoms with Gasteiger partial charge in [0.1, 0.15) is 6.04 Å². The molecule has 0 unspecified atom stereocenters. The van der Waals surface area contributed by atoms with Crippen LogP contribution >= 0.6 is 0 Å². The Kier molecular flexibility index (Phi) is 3.73. The Morgan fingerprint density at radius 1 is 1.62 bits per heavy atom. The predicted octanol–water partition coefficient (Wildman–Crippen LogP) is 0.608. The molecule has 0 aromatic carbocycles. The zero-order chi connectivity index (χ0) is 9.68. The molecular weight excluding hydrogens is 170 g/mol. The van der Waals surface area contributed by atoms with E-state index in [0.717, 1.165) is 12.8 Å². The van der Waals surface area contributed by atoms with Gasteiger partial charge in [-0.25, -0.2) is 4.79 Å². The van der Waals surface area contributed by atoms with Gasteiger partial charge in [0, 0.05) is 6.42 Å². The minimum atomic E-state index is -0.421. The van der Waals surface area contributed by atoms with Crippen LogP contribution in [0.15, 0.2) is 0 Å². The average molecular weight is 185 g/mol. The van der Waals surface area contributed by atoms with Crippen molar-refractivity contribution in [3.63, 3.8) is 0 Å². The Bertz CT molecular complexity index is 203. The summed E-state index contributed by atoms with van der Waals surface area (Å²) in [6.07, 6.45) is 2.99. The van der Waals surface area contributed by atoms with Crippen molar-refractivity contribution in [3.05, 3.63) is 0 Å². The van der Waals surface area contributed by atoms with Crippen molar-refractivity contribution in [2.45, 2.75) is 38.6 Å². The van der Waals surface area contributed by atoms with Gasteiger partial charge in [0.25, 0.3) is 0 Å². The van der Waals surface area contributed by atoms with E-state index in [1.54, 1.807) is 6.92 Å². The summed E-state index contributed by atoms with van der Waals surface area (Å²) in [6.45, 7) is 2.13. The maximum Gasteiger partial charge on any atom is 0.328 e. The molecule has 13 heavy (non-hydrogen) atoms. The number of carbonyl (C=O) groups is 2. The van der Waals surface area contributed by atoms with Crippen LogP contribution in [0, 0.1) is 0 Å². The summed E-state index contributed by atoms with van der Waals surface area (Å²) in [7, 11) is 0. The number of esters is 1. The molecule has 1 atom stereocenters. The topological polar surface area (TPSA) is 55.4 Å². The average Bonchev–Trinajstić information content (AvgIpc) is 2.30. The van der Waals surface area contributed by atoms with Crippen molar-refractivity contribution in [1.82, 2.24) is 5.32 Å². The van der Waals surface area contributed by atoms with Gasteiger partial charge in [0.2, 0.25) is 5.91 Å². The van der Waals surface area contributed by atoms with E-state index >= 15 is 0 Å². The fourth-order valence-corrected chi connectivity index (χ4v) is 1.39. The molecule has 1 fully saturated rings. The van der Waals surface area contributed by atoms with Gasteiger partial charge in [-0.05, 0) is 19.8 Å². The molecule has 0 aromatic heterocycles. The lowest BCUT2D eigenvalue weighted by Gasteiger charge is -2.13. The van der Waals surface area contributed by atoms with Crippen LogP contribution in [-0.4, -0.2) is 24.5 Å². The zero-order valence-electron chi connectivity index (χ0n) is 7.84. The molecule has 1 N–H and O–H groups in total. The highest BCUT2D eigenvalue weighted by Gasteiger charge is 2.23. The molecule has 0 spiro atoms. The molecule has 1 aliphatic rings. The first-order valence-corrected chi connectivity index (χ1v) is 4.70. The maximum absolute atomic E-state index is 11.3. The molecule has 1 amide bonds. The number of hydrogen-bond donors (Lipinski definition) is 1. The summed E-state index contributed by atoms with van der Waals surface area (Å²) in [5, 5.41) is 2.65. The third-order valence-corrected chi connectivity index (χ3v) is 2.05. The third kappa shape index (κ3) is 3.05. The Morgan fingerprint density at radius 2 is 2.38 bits per heavy atom. The van der Waals surface area contributed by atoms with Crippen molar-refractivity contribution in [3.8, 4) is 0 Å². The highest BCUT2D eigenvalue weighted by atomic mass is 16.5. The quantitative estimate of drug-likeness (QED) is 0.641. The van der Waals surface area contributed by atoms with E-state index in [1.807, 2.05) is 0 Å². The number of hydrogen-bond acceptors (Lipinski definition) is 3. The molecule has 0 radical (unpaired) electrons. The Morgan fingerprint density at radius 3 is 3.08 bits per heavy atom. The lowest BCUT2D eigenvalue weighted by molar-refractivity contribution is -0.147. The van der Waals surface area contributed by atoms with Crippen LogP contribution in [0.1, 0.15) is 32.6 Å². The lowest BCUT2D eigenvalue weighted by atomic mass is 10.1. The van der Waals surface area contributed by atoms with Crippen LogP contribution in [0.4, 0.5) is 0 Å². The smallest absolute Gasteiger partial charge is 0.328 e. The van der Waals surface area contributed by atoms with E-state index in [-0.39, 0.29) is 11.9 Å². The molecule has 1 heterocycles. The molecule has 4 heteroatoms. The van der Waals surface area contributed by atoms with Gasteiger partial charge >= 0.3 is 5.97 Å². The fraction of sp³-hybridized carbons (Fsp3) is 0.778. The second kappa shape index (κ2) is 4.84. The van der Waals surface area contributed by atoms with Gasteiger partial charge < -0.3 is 10.1 Å². The Hall–Kier alpha value is -1.06. The van der Waals surface area contributed by atoms with Gasteiger partial charge in [-0.15, -0.1) is 0 Å². The Balaban J connectivity index is 2.47. The first-order chi connectivity index (χ1) is 6.24. The molecular formula is C9H15NO3.